The Morgan fingerprint density at radius 2 is 1.65 bits per heavy atom. The second-order valence-corrected chi connectivity index (χ2v) is 9.13. The van der Waals surface area contributed by atoms with Gasteiger partial charge < -0.3 is 10.6 Å². The SMILES string of the molecule is Cc1cc(NC(=O)C(=O)Nn2c(C(=O)Nc3ccccc3F)cc3cc(Br)ccc32)ccc1Br. The lowest BCUT2D eigenvalue weighted by Crippen LogP contribution is -2.36. The number of aryl methyl sites for hydroxylation is 1. The van der Waals surface area contributed by atoms with E-state index in [9.17, 15) is 18.8 Å². The molecule has 0 bridgehead atoms. The first-order valence-corrected chi connectivity index (χ1v) is 11.6. The van der Waals surface area contributed by atoms with Crippen molar-refractivity contribution in [2.75, 3.05) is 16.1 Å². The van der Waals surface area contributed by atoms with Gasteiger partial charge in [0, 0.05) is 20.0 Å². The van der Waals surface area contributed by atoms with Crippen molar-refractivity contribution in [3.05, 3.63) is 92.8 Å². The van der Waals surface area contributed by atoms with E-state index in [4.69, 9.17) is 0 Å². The molecule has 0 aliphatic heterocycles. The van der Waals surface area contributed by atoms with Crippen LogP contribution in [0.2, 0.25) is 0 Å². The number of para-hydroxylation sites is 1. The average Bonchev–Trinajstić information content (AvgIpc) is 3.15. The molecule has 0 aliphatic carbocycles. The highest BCUT2D eigenvalue weighted by Crippen LogP contribution is 2.24. The Hall–Kier alpha value is -3.50. The maximum absolute atomic E-state index is 14.0. The van der Waals surface area contributed by atoms with E-state index in [0.717, 1.165) is 14.5 Å². The monoisotopic (exact) mass is 586 g/mol. The van der Waals surface area contributed by atoms with Crippen LogP contribution in [0.3, 0.4) is 0 Å². The number of nitrogens with one attached hydrogen (secondary N) is 3. The summed E-state index contributed by atoms with van der Waals surface area (Å²) < 4.78 is 16.9. The molecular formula is C24H17Br2FN4O3. The Kier molecular flexibility index (Phi) is 6.80. The van der Waals surface area contributed by atoms with E-state index >= 15 is 0 Å². The van der Waals surface area contributed by atoms with Crippen LogP contribution in [-0.2, 0) is 9.59 Å². The molecule has 0 unspecified atom stereocenters. The number of benzene rings is 3. The zero-order valence-corrected chi connectivity index (χ0v) is 20.8. The second-order valence-electron chi connectivity index (χ2n) is 7.36. The zero-order valence-electron chi connectivity index (χ0n) is 17.7. The minimum absolute atomic E-state index is 0.0111. The smallest absolute Gasteiger partial charge is 0.318 e. The summed E-state index contributed by atoms with van der Waals surface area (Å²) in [4.78, 5) is 38.2. The molecule has 10 heteroatoms. The second kappa shape index (κ2) is 9.78. The molecule has 34 heavy (non-hydrogen) atoms. The van der Waals surface area contributed by atoms with Crippen LogP contribution in [-0.4, -0.2) is 22.4 Å². The largest absolute Gasteiger partial charge is 0.328 e. The van der Waals surface area contributed by atoms with Crippen LogP contribution in [0.15, 0.2) is 75.7 Å². The van der Waals surface area contributed by atoms with E-state index in [1.165, 1.54) is 28.9 Å². The van der Waals surface area contributed by atoms with Crippen LogP contribution in [0, 0.1) is 12.7 Å². The third-order valence-corrected chi connectivity index (χ3v) is 6.34. The summed E-state index contributed by atoms with van der Waals surface area (Å²) in [7, 11) is 0. The molecule has 172 valence electrons. The van der Waals surface area contributed by atoms with Gasteiger partial charge in [0.05, 0.1) is 11.2 Å². The van der Waals surface area contributed by atoms with E-state index in [1.54, 1.807) is 42.5 Å². The quantitative estimate of drug-likeness (QED) is 0.272. The van der Waals surface area contributed by atoms with Crippen molar-refractivity contribution >= 4 is 71.9 Å². The molecule has 0 saturated carbocycles. The first-order valence-electron chi connectivity index (χ1n) is 9.98. The predicted molar refractivity (Wildman–Crippen MR) is 136 cm³/mol. The van der Waals surface area contributed by atoms with Gasteiger partial charge in [0.2, 0.25) is 0 Å². The number of amides is 3. The van der Waals surface area contributed by atoms with Crippen LogP contribution in [0.25, 0.3) is 10.9 Å². The molecule has 7 nitrogen and oxygen atoms in total. The molecule has 4 aromatic rings. The molecule has 3 aromatic carbocycles. The van der Waals surface area contributed by atoms with Gasteiger partial charge in [0.25, 0.3) is 5.91 Å². The van der Waals surface area contributed by atoms with Gasteiger partial charge in [-0.25, -0.2) is 9.07 Å². The van der Waals surface area contributed by atoms with E-state index in [2.05, 4.69) is 47.9 Å². The van der Waals surface area contributed by atoms with Gasteiger partial charge in [-0.1, -0.05) is 44.0 Å². The molecule has 0 spiro atoms. The summed E-state index contributed by atoms with van der Waals surface area (Å²) in [5, 5.41) is 5.65. The van der Waals surface area contributed by atoms with E-state index in [0.29, 0.717) is 16.6 Å². The highest BCUT2D eigenvalue weighted by atomic mass is 79.9. The Morgan fingerprint density at radius 1 is 0.882 bits per heavy atom. The maximum atomic E-state index is 14.0. The van der Waals surface area contributed by atoms with Gasteiger partial charge in [-0.15, -0.1) is 0 Å². The number of carbonyl (C=O) groups is 3. The van der Waals surface area contributed by atoms with Gasteiger partial charge in [-0.05, 0) is 67.1 Å². The molecule has 0 saturated heterocycles. The summed E-state index contributed by atoms with van der Waals surface area (Å²) in [6.45, 7) is 1.85. The fourth-order valence-electron chi connectivity index (χ4n) is 3.29. The van der Waals surface area contributed by atoms with Gasteiger partial charge in [-0.3, -0.25) is 19.8 Å². The molecule has 3 amide bonds. The van der Waals surface area contributed by atoms with Crippen LogP contribution in [0.4, 0.5) is 15.8 Å². The molecular weight excluding hydrogens is 571 g/mol. The van der Waals surface area contributed by atoms with Crippen molar-refractivity contribution in [2.24, 2.45) is 0 Å². The number of halogens is 3. The van der Waals surface area contributed by atoms with E-state index < -0.39 is 23.5 Å². The van der Waals surface area contributed by atoms with Crippen LogP contribution >= 0.6 is 31.9 Å². The number of aromatic nitrogens is 1. The zero-order chi connectivity index (χ0) is 24.4. The van der Waals surface area contributed by atoms with Crippen molar-refractivity contribution in [1.29, 1.82) is 0 Å². The lowest BCUT2D eigenvalue weighted by Gasteiger charge is -2.13. The van der Waals surface area contributed by atoms with Gasteiger partial charge in [-0.2, -0.15) is 0 Å². The summed E-state index contributed by atoms with van der Waals surface area (Å²) in [5.41, 5.74) is 4.26. The van der Waals surface area contributed by atoms with Crippen LogP contribution in [0.1, 0.15) is 16.1 Å². The Bertz CT molecular complexity index is 1450. The lowest BCUT2D eigenvalue weighted by molar-refractivity contribution is -0.133. The first-order chi connectivity index (χ1) is 16.2. The van der Waals surface area contributed by atoms with Crippen molar-refractivity contribution in [1.82, 2.24) is 4.68 Å². The molecule has 0 fully saturated rings. The highest BCUT2D eigenvalue weighted by Gasteiger charge is 2.22. The topological polar surface area (TPSA) is 92.2 Å². The summed E-state index contributed by atoms with van der Waals surface area (Å²) in [6.07, 6.45) is 0. The van der Waals surface area contributed by atoms with Crippen molar-refractivity contribution in [2.45, 2.75) is 6.92 Å². The maximum Gasteiger partial charge on any atom is 0.328 e. The molecule has 1 heterocycles. The predicted octanol–water partition coefficient (Wildman–Crippen LogP) is 5.57. The van der Waals surface area contributed by atoms with Crippen molar-refractivity contribution in [3.8, 4) is 0 Å². The third-order valence-electron chi connectivity index (χ3n) is 4.95. The summed E-state index contributed by atoms with van der Waals surface area (Å²) in [6, 6.07) is 17.5. The lowest BCUT2D eigenvalue weighted by atomic mass is 10.2. The minimum Gasteiger partial charge on any atom is -0.318 e. The number of carbonyl (C=O) groups excluding carboxylic acids is 3. The average molecular weight is 588 g/mol. The summed E-state index contributed by atoms with van der Waals surface area (Å²) >= 11 is 6.76. The summed E-state index contributed by atoms with van der Waals surface area (Å²) in [5.74, 6) is -3.17. The third kappa shape index (κ3) is 5.02. The Labute approximate surface area is 210 Å². The molecule has 1 aromatic heterocycles. The number of nitrogens with zero attached hydrogens (tertiary/aromatic N) is 1. The van der Waals surface area contributed by atoms with E-state index in [1.807, 2.05) is 6.92 Å². The van der Waals surface area contributed by atoms with Gasteiger partial charge >= 0.3 is 11.8 Å². The molecule has 3 N–H and O–H groups in total. The van der Waals surface area contributed by atoms with Crippen molar-refractivity contribution in [3.63, 3.8) is 0 Å². The minimum atomic E-state index is -0.985. The normalized spacial score (nSPS) is 10.7. The molecule has 0 atom stereocenters. The van der Waals surface area contributed by atoms with Gasteiger partial charge in [0.15, 0.2) is 0 Å². The van der Waals surface area contributed by atoms with Gasteiger partial charge in [0.1, 0.15) is 11.5 Å². The number of anilines is 2. The Balaban J connectivity index is 1.63. The van der Waals surface area contributed by atoms with Crippen LogP contribution in [0.5, 0.6) is 0 Å². The molecule has 4 rings (SSSR count). The number of rotatable bonds is 4. The van der Waals surface area contributed by atoms with E-state index in [-0.39, 0.29) is 11.4 Å². The fourth-order valence-corrected chi connectivity index (χ4v) is 3.91. The molecule has 0 radical (unpaired) electrons. The first kappa shape index (κ1) is 23.7. The standard InChI is InChI=1S/C24H17Br2FN4O3/c1-13-10-16(7-8-17(13)26)28-23(33)24(34)30-31-20-9-6-15(25)11-14(20)12-21(31)22(32)29-19-5-3-2-4-18(19)27/h2-12H,1H3,(H,28,33)(H,29,32)(H,30,34). The number of fused-ring (bicyclic) bond motifs is 1. The highest BCUT2D eigenvalue weighted by molar-refractivity contribution is 9.10. The van der Waals surface area contributed by atoms with Crippen LogP contribution < -0.4 is 16.1 Å². The number of hydrogen-bond acceptors (Lipinski definition) is 3. The Morgan fingerprint density at radius 3 is 2.38 bits per heavy atom. The fraction of sp³-hybridized carbons (Fsp3) is 0.0417. The van der Waals surface area contributed by atoms with Crippen molar-refractivity contribution < 1.29 is 18.8 Å². The number of hydrogen-bond donors (Lipinski definition) is 3. The molecule has 0 aliphatic rings.